The molecule has 0 saturated carbocycles. The van der Waals surface area contributed by atoms with Gasteiger partial charge >= 0.3 is 7.12 Å². The standard InChI is InChI=1S/C37H34BN3O2/c1-35(2)36(3,4)43-38(42-35)31-20-21-33-32(26-31)34(27-22-24-39-25-23-27)40-41(33)37(28-14-8-5-9-15-28,29-16-10-6-11-17-29)30-18-12-7-13-19-30/h5-26H,1-4H3. The summed E-state index contributed by atoms with van der Waals surface area (Å²) in [7, 11) is -0.481. The third kappa shape index (κ3) is 4.41. The molecule has 6 heteroatoms. The molecule has 0 aliphatic carbocycles. The van der Waals surface area contributed by atoms with Crippen LogP contribution in [-0.4, -0.2) is 33.1 Å². The lowest BCUT2D eigenvalue weighted by molar-refractivity contribution is 0.00578. The number of hydrogen-bond donors (Lipinski definition) is 0. The SMILES string of the molecule is CC1(C)OB(c2ccc3c(c2)c(-c2ccncc2)nn3C(c2ccccc2)(c2ccccc2)c2ccccc2)OC1(C)C. The summed E-state index contributed by atoms with van der Waals surface area (Å²) in [5, 5.41) is 6.51. The van der Waals surface area contributed by atoms with E-state index < -0.39 is 23.9 Å². The fraction of sp³-hybridized carbons (Fsp3) is 0.189. The molecule has 2 aromatic heterocycles. The second-order valence-electron chi connectivity index (χ2n) is 12.2. The van der Waals surface area contributed by atoms with Crippen LogP contribution in [0.5, 0.6) is 0 Å². The Morgan fingerprint density at radius 2 is 1.12 bits per heavy atom. The number of fused-ring (bicyclic) bond motifs is 1. The highest BCUT2D eigenvalue weighted by Gasteiger charge is 2.52. The number of aromatic nitrogens is 3. The maximum absolute atomic E-state index is 6.47. The molecule has 7 rings (SSSR count). The van der Waals surface area contributed by atoms with Crippen molar-refractivity contribution in [3.8, 4) is 11.3 Å². The Morgan fingerprint density at radius 1 is 0.628 bits per heavy atom. The molecule has 6 aromatic rings. The first-order chi connectivity index (χ1) is 20.8. The predicted molar refractivity (Wildman–Crippen MR) is 173 cm³/mol. The molecule has 0 unspecified atom stereocenters. The van der Waals surface area contributed by atoms with E-state index in [1.54, 1.807) is 0 Å². The van der Waals surface area contributed by atoms with Gasteiger partial charge in [0.1, 0.15) is 11.2 Å². The zero-order valence-electron chi connectivity index (χ0n) is 24.9. The van der Waals surface area contributed by atoms with Crippen LogP contribution in [0, 0.1) is 0 Å². The Labute approximate surface area is 253 Å². The zero-order valence-corrected chi connectivity index (χ0v) is 24.9. The lowest BCUT2D eigenvalue weighted by Gasteiger charge is -2.37. The number of pyridine rings is 1. The summed E-state index contributed by atoms with van der Waals surface area (Å²) in [6.07, 6.45) is 3.63. The van der Waals surface area contributed by atoms with Crippen molar-refractivity contribution in [2.45, 2.75) is 44.4 Å². The van der Waals surface area contributed by atoms with Gasteiger partial charge in [-0.25, -0.2) is 4.68 Å². The fourth-order valence-electron chi connectivity index (χ4n) is 6.15. The molecular weight excluding hydrogens is 529 g/mol. The first kappa shape index (κ1) is 27.3. The van der Waals surface area contributed by atoms with Crippen molar-refractivity contribution in [2.24, 2.45) is 0 Å². The van der Waals surface area contributed by atoms with Crippen LogP contribution in [-0.2, 0) is 14.8 Å². The topological polar surface area (TPSA) is 49.2 Å². The number of hydrogen-bond acceptors (Lipinski definition) is 4. The number of benzene rings is 4. The smallest absolute Gasteiger partial charge is 0.399 e. The molecule has 0 amide bonds. The number of rotatable bonds is 6. The molecule has 0 spiro atoms. The highest BCUT2D eigenvalue weighted by atomic mass is 16.7. The van der Waals surface area contributed by atoms with Crippen LogP contribution in [0.15, 0.2) is 134 Å². The van der Waals surface area contributed by atoms with E-state index >= 15 is 0 Å². The second-order valence-corrected chi connectivity index (χ2v) is 12.2. The van der Waals surface area contributed by atoms with Crippen molar-refractivity contribution in [3.05, 3.63) is 150 Å². The van der Waals surface area contributed by atoms with Gasteiger partial charge in [-0.3, -0.25) is 4.98 Å². The molecule has 1 aliphatic rings. The zero-order chi connectivity index (χ0) is 29.7. The molecule has 5 nitrogen and oxygen atoms in total. The highest BCUT2D eigenvalue weighted by Crippen LogP contribution is 2.44. The Kier molecular flexibility index (Phi) is 6.57. The Morgan fingerprint density at radius 3 is 1.60 bits per heavy atom. The average molecular weight is 564 g/mol. The predicted octanol–water partition coefficient (Wildman–Crippen LogP) is 7.24. The maximum atomic E-state index is 6.47. The van der Waals surface area contributed by atoms with Gasteiger partial charge in [-0.05, 0) is 68.0 Å². The van der Waals surface area contributed by atoms with Crippen LogP contribution < -0.4 is 5.46 Å². The van der Waals surface area contributed by atoms with Gasteiger partial charge in [-0.15, -0.1) is 0 Å². The van der Waals surface area contributed by atoms with Gasteiger partial charge in [0.2, 0.25) is 0 Å². The van der Waals surface area contributed by atoms with Crippen molar-refractivity contribution in [1.82, 2.24) is 14.8 Å². The molecule has 0 radical (unpaired) electrons. The third-order valence-electron chi connectivity index (χ3n) is 9.08. The Bertz CT molecular complexity index is 1760. The van der Waals surface area contributed by atoms with Crippen molar-refractivity contribution in [3.63, 3.8) is 0 Å². The Hall–Kier alpha value is -4.52. The van der Waals surface area contributed by atoms with E-state index in [4.69, 9.17) is 14.4 Å². The molecule has 1 aliphatic heterocycles. The Balaban J connectivity index is 1.56. The van der Waals surface area contributed by atoms with E-state index in [1.165, 1.54) is 0 Å². The number of nitrogens with zero attached hydrogens (tertiary/aromatic N) is 3. The summed E-state index contributed by atoms with van der Waals surface area (Å²) < 4.78 is 15.1. The molecule has 0 atom stereocenters. The van der Waals surface area contributed by atoms with Gasteiger partial charge in [0.15, 0.2) is 0 Å². The van der Waals surface area contributed by atoms with Crippen molar-refractivity contribution in [1.29, 1.82) is 0 Å². The van der Waals surface area contributed by atoms with Crippen molar-refractivity contribution >= 4 is 23.5 Å². The summed E-state index contributed by atoms with van der Waals surface area (Å²) in [5.41, 5.74) is 5.57. The largest absolute Gasteiger partial charge is 0.494 e. The molecule has 0 N–H and O–H groups in total. The van der Waals surface area contributed by atoms with Gasteiger partial charge in [0, 0.05) is 23.3 Å². The van der Waals surface area contributed by atoms with Crippen LogP contribution >= 0.6 is 0 Å². The molecule has 1 saturated heterocycles. The normalized spacial score (nSPS) is 16.0. The van der Waals surface area contributed by atoms with Gasteiger partial charge in [-0.1, -0.05) is 103 Å². The van der Waals surface area contributed by atoms with E-state index in [2.05, 4.69) is 147 Å². The maximum Gasteiger partial charge on any atom is 0.494 e. The van der Waals surface area contributed by atoms with Crippen LogP contribution in [0.4, 0.5) is 0 Å². The van der Waals surface area contributed by atoms with E-state index in [9.17, 15) is 0 Å². The molecule has 0 bridgehead atoms. The minimum atomic E-state index is -0.751. The first-order valence-electron chi connectivity index (χ1n) is 14.8. The first-order valence-corrected chi connectivity index (χ1v) is 14.8. The van der Waals surface area contributed by atoms with E-state index in [0.29, 0.717) is 0 Å². The molecule has 4 aromatic carbocycles. The summed E-state index contributed by atoms with van der Waals surface area (Å²) in [5.74, 6) is 0. The second kappa shape index (κ2) is 10.3. The molecule has 43 heavy (non-hydrogen) atoms. The van der Waals surface area contributed by atoms with Gasteiger partial charge in [-0.2, -0.15) is 5.10 Å². The van der Waals surface area contributed by atoms with Crippen LogP contribution in [0.2, 0.25) is 0 Å². The molecular formula is C37H34BN3O2. The van der Waals surface area contributed by atoms with Gasteiger partial charge in [0.05, 0.1) is 16.7 Å². The van der Waals surface area contributed by atoms with Crippen molar-refractivity contribution in [2.75, 3.05) is 0 Å². The molecule has 1 fully saturated rings. The molecule has 3 heterocycles. The minimum absolute atomic E-state index is 0.437. The lowest BCUT2D eigenvalue weighted by Crippen LogP contribution is -2.41. The highest BCUT2D eigenvalue weighted by molar-refractivity contribution is 6.62. The summed E-state index contributed by atoms with van der Waals surface area (Å²) in [6.45, 7) is 8.33. The van der Waals surface area contributed by atoms with Crippen LogP contribution in [0.25, 0.3) is 22.2 Å². The van der Waals surface area contributed by atoms with Crippen LogP contribution in [0.3, 0.4) is 0 Å². The summed E-state index contributed by atoms with van der Waals surface area (Å²) >= 11 is 0. The van der Waals surface area contributed by atoms with Gasteiger partial charge < -0.3 is 9.31 Å². The molecule has 212 valence electrons. The van der Waals surface area contributed by atoms with Crippen molar-refractivity contribution < 1.29 is 9.31 Å². The quantitative estimate of drug-likeness (QED) is 0.158. The van der Waals surface area contributed by atoms with E-state index in [1.807, 2.05) is 24.5 Å². The van der Waals surface area contributed by atoms with E-state index in [-0.39, 0.29) is 0 Å². The monoisotopic (exact) mass is 563 g/mol. The minimum Gasteiger partial charge on any atom is -0.399 e. The third-order valence-corrected chi connectivity index (χ3v) is 9.08. The van der Waals surface area contributed by atoms with Gasteiger partial charge in [0.25, 0.3) is 0 Å². The van der Waals surface area contributed by atoms with Crippen LogP contribution in [0.1, 0.15) is 44.4 Å². The summed E-state index contributed by atoms with van der Waals surface area (Å²) in [4.78, 5) is 4.29. The van der Waals surface area contributed by atoms with E-state index in [0.717, 1.165) is 44.3 Å². The summed E-state index contributed by atoms with van der Waals surface area (Å²) in [6, 6.07) is 42.4. The average Bonchev–Trinajstić information content (AvgIpc) is 3.52. The lowest BCUT2D eigenvalue weighted by atomic mass is 9.76. The fourth-order valence-corrected chi connectivity index (χ4v) is 6.15.